The van der Waals surface area contributed by atoms with E-state index in [2.05, 4.69) is 4.98 Å². The highest BCUT2D eigenvalue weighted by Crippen LogP contribution is 2.43. The van der Waals surface area contributed by atoms with Crippen LogP contribution in [0.3, 0.4) is 0 Å². The highest BCUT2D eigenvalue weighted by molar-refractivity contribution is 5.45. The number of nitrogens with zero attached hydrogens (tertiary/aromatic N) is 1. The number of methoxy groups -OCH3 is 1. The van der Waals surface area contributed by atoms with Crippen molar-refractivity contribution in [2.75, 3.05) is 12.8 Å². The van der Waals surface area contributed by atoms with E-state index in [1.54, 1.807) is 13.3 Å². The zero-order chi connectivity index (χ0) is 8.55. The van der Waals surface area contributed by atoms with Gasteiger partial charge in [0.2, 0.25) is 5.88 Å². The van der Waals surface area contributed by atoms with Gasteiger partial charge >= 0.3 is 0 Å². The summed E-state index contributed by atoms with van der Waals surface area (Å²) in [4.78, 5) is 4.11. The van der Waals surface area contributed by atoms with Crippen LogP contribution >= 0.6 is 0 Å². The van der Waals surface area contributed by atoms with Gasteiger partial charge in [0, 0.05) is 5.56 Å². The summed E-state index contributed by atoms with van der Waals surface area (Å²) in [5.74, 6) is 1.36. The van der Waals surface area contributed by atoms with Gasteiger partial charge in [-0.3, -0.25) is 0 Å². The smallest absolute Gasteiger partial charge is 0.216 e. The molecule has 0 aliphatic heterocycles. The minimum atomic E-state index is 0.635. The van der Waals surface area contributed by atoms with E-state index in [4.69, 9.17) is 10.5 Å². The standard InChI is InChI=1S/C9H12N2O/c1-12-9-8(6-2-3-6)4-7(10)5-11-9/h4-6H,2-3,10H2,1H3. The number of pyridine rings is 1. The maximum atomic E-state index is 5.63. The molecule has 64 valence electrons. The van der Waals surface area contributed by atoms with Gasteiger partial charge in [0.1, 0.15) is 0 Å². The van der Waals surface area contributed by atoms with Crippen LogP contribution < -0.4 is 10.5 Å². The number of hydrogen-bond donors (Lipinski definition) is 1. The first-order valence-corrected chi connectivity index (χ1v) is 4.10. The van der Waals surface area contributed by atoms with Gasteiger partial charge in [-0.25, -0.2) is 4.98 Å². The third kappa shape index (κ3) is 1.22. The molecule has 0 radical (unpaired) electrons. The maximum absolute atomic E-state index is 5.63. The Kier molecular flexibility index (Phi) is 1.64. The molecule has 0 saturated heterocycles. The lowest BCUT2D eigenvalue weighted by atomic mass is 10.2. The Bertz CT molecular complexity index is 295. The van der Waals surface area contributed by atoms with Gasteiger partial charge in [0.05, 0.1) is 19.0 Å². The molecule has 0 amide bonds. The maximum Gasteiger partial charge on any atom is 0.216 e. The molecule has 1 aliphatic rings. The number of aromatic nitrogens is 1. The van der Waals surface area contributed by atoms with Gasteiger partial charge in [-0.2, -0.15) is 0 Å². The Morgan fingerprint density at radius 3 is 2.92 bits per heavy atom. The molecule has 1 heterocycles. The van der Waals surface area contributed by atoms with Crippen LogP contribution in [-0.4, -0.2) is 12.1 Å². The van der Waals surface area contributed by atoms with Crippen LogP contribution in [0.5, 0.6) is 5.88 Å². The molecule has 0 unspecified atom stereocenters. The van der Waals surface area contributed by atoms with Crippen molar-refractivity contribution >= 4 is 5.69 Å². The van der Waals surface area contributed by atoms with Crippen molar-refractivity contribution in [1.29, 1.82) is 0 Å². The second kappa shape index (κ2) is 2.66. The highest BCUT2D eigenvalue weighted by atomic mass is 16.5. The molecule has 1 saturated carbocycles. The average molecular weight is 164 g/mol. The number of nitrogen functional groups attached to an aromatic ring is 1. The molecule has 3 heteroatoms. The molecule has 0 bridgehead atoms. The zero-order valence-electron chi connectivity index (χ0n) is 7.08. The van der Waals surface area contributed by atoms with E-state index in [1.165, 1.54) is 12.8 Å². The molecule has 0 atom stereocenters. The Morgan fingerprint density at radius 1 is 1.58 bits per heavy atom. The molecule has 2 N–H and O–H groups in total. The molecule has 1 aromatic rings. The fraction of sp³-hybridized carbons (Fsp3) is 0.444. The van der Waals surface area contributed by atoms with E-state index in [-0.39, 0.29) is 0 Å². The predicted molar refractivity (Wildman–Crippen MR) is 47.2 cm³/mol. The monoisotopic (exact) mass is 164 g/mol. The Hall–Kier alpha value is -1.25. The van der Waals surface area contributed by atoms with Crippen LogP contribution in [0.4, 0.5) is 5.69 Å². The number of rotatable bonds is 2. The van der Waals surface area contributed by atoms with Gasteiger partial charge in [-0.15, -0.1) is 0 Å². The number of ether oxygens (including phenoxy) is 1. The van der Waals surface area contributed by atoms with E-state index in [9.17, 15) is 0 Å². The Morgan fingerprint density at radius 2 is 2.33 bits per heavy atom. The number of nitrogens with two attached hydrogens (primary N) is 1. The summed E-state index contributed by atoms with van der Waals surface area (Å²) in [6.07, 6.45) is 4.10. The summed E-state index contributed by atoms with van der Waals surface area (Å²) in [6, 6.07) is 1.96. The highest BCUT2D eigenvalue weighted by Gasteiger charge is 2.27. The van der Waals surface area contributed by atoms with E-state index < -0.39 is 0 Å². The van der Waals surface area contributed by atoms with E-state index >= 15 is 0 Å². The number of hydrogen-bond acceptors (Lipinski definition) is 3. The lowest BCUT2D eigenvalue weighted by Crippen LogP contribution is -1.96. The van der Waals surface area contributed by atoms with Crippen molar-refractivity contribution in [3.05, 3.63) is 17.8 Å². The summed E-state index contributed by atoms with van der Waals surface area (Å²) < 4.78 is 5.13. The van der Waals surface area contributed by atoms with Crippen LogP contribution in [0.1, 0.15) is 24.3 Å². The van der Waals surface area contributed by atoms with Crippen LogP contribution in [0.15, 0.2) is 12.3 Å². The Labute approximate surface area is 71.6 Å². The second-order valence-electron chi connectivity index (χ2n) is 3.14. The normalized spacial score (nSPS) is 16.1. The molecule has 12 heavy (non-hydrogen) atoms. The fourth-order valence-electron chi connectivity index (χ4n) is 1.34. The lowest BCUT2D eigenvalue weighted by Gasteiger charge is -2.05. The topological polar surface area (TPSA) is 48.1 Å². The molecule has 0 spiro atoms. The van der Waals surface area contributed by atoms with Crippen molar-refractivity contribution in [2.24, 2.45) is 0 Å². The first-order chi connectivity index (χ1) is 5.81. The molecule has 2 rings (SSSR count). The minimum absolute atomic E-state index is 0.635. The summed E-state index contributed by atoms with van der Waals surface area (Å²) >= 11 is 0. The van der Waals surface area contributed by atoms with Gasteiger partial charge in [0.15, 0.2) is 0 Å². The molecule has 3 nitrogen and oxygen atoms in total. The third-order valence-electron chi connectivity index (χ3n) is 2.11. The van der Waals surface area contributed by atoms with Crippen molar-refractivity contribution < 1.29 is 4.74 Å². The molecular weight excluding hydrogens is 152 g/mol. The molecule has 0 aromatic carbocycles. The van der Waals surface area contributed by atoms with E-state index in [1.807, 2.05) is 6.07 Å². The SMILES string of the molecule is COc1ncc(N)cc1C1CC1. The van der Waals surface area contributed by atoms with Crippen LogP contribution in [-0.2, 0) is 0 Å². The first kappa shape index (κ1) is 7.40. The first-order valence-electron chi connectivity index (χ1n) is 4.10. The fourth-order valence-corrected chi connectivity index (χ4v) is 1.34. The zero-order valence-corrected chi connectivity index (χ0v) is 7.08. The number of anilines is 1. The van der Waals surface area contributed by atoms with Crippen LogP contribution in [0.25, 0.3) is 0 Å². The summed E-state index contributed by atoms with van der Waals surface area (Å²) in [7, 11) is 1.64. The lowest BCUT2D eigenvalue weighted by molar-refractivity contribution is 0.393. The summed E-state index contributed by atoms with van der Waals surface area (Å²) in [5, 5.41) is 0. The third-order valence-corrected chi connectivity index (χ3v) is 2.11. The quantitative estimate of drug-likeness (QED) is 0.721. The predicted octanol–water partition coefficient (Wildman–Crippen LogP) is 1.55. The molecule has 1 fully saturated rings. The summed E-state index contributed by atoms with van der Waals surface area (Å²) in [6.45, 7) is 0. The largest absolute Gasteiger partial charge is 0.481 e. The van der Waals surface area contributed by atoms with Gasteiger partial charge in [-0.1, -0.05) is 0 Å². The molecule has 1 aliphatic carbocycles. The van der Waals surface area contributed by atoms with Gasteiger partial charge in [0.25, 0.3) is 0 Å². The van der Waals surface area contributed by atoms with E-state index in [0.717, 1.165) is 17.1 Å². The van der Waals surface area contributed by atoms with E-state index in [0.29, 0.717) is 5.92 Å². The average Bonchev–Trinajstić information content (AvgIpc) is 2.87. The summed E-state index contributed by atoms with van der Waals surface area (Å²) in [5.41, 5.74) is 7.51. The van der Waals surface area contributed by atoms with Crippen molar-refractivity contribution in [3.8, 4) is 5.88 Å². The van der Waals surface area contributed by atoms with Gasteiger partial charge in [-0.05, 0) is 24.8 Å². The molecule has 1 aromatic heterocycles. The van der Waals surface area contributed by atoms with Crippen LogP contribution in [0.2, 0.25) is 0 Å². The second-order valence-corrected chi connectivity index (χ2v) is 3.14. The van der Waals surface area contributed by atoms with Crippen molar-refractivity contribution in [3.63, 3.8) is 0 Å². The minimum Gasteiger partial charge on any atom is -0.481 e. The van der Waals surface area contributed by atoms with Gasteiger partial charge < -0.3 is 10.5 Å². The van der Waals surface area contributed by atoms with Crippen molar-refractivity contribution in [1.82, 2.24) is 4.98 Å². The Balaban J connectivity index is 2.39. The van der Waals surface area contributed by atoms with Crippen LogP contribution in [0, 0.1) is 0 Å². The van der Waals surface area contributed by atoms with Crippen molar-refractivity contribution in [2.45, 2.75) is 18.8 Å². The molecular formula is C9H12N2O.